The van der Waals surface area contributed by atoms with Gasteiger partial charge in [0, 0.05) is 19.3 Å². The normalized spacial score (nSPS) is 11.5. The van der Waals surface area contributed by atoms with E-state index in [4.69, 9.17) is 10.6 Å². The highest BCUT2D eigenvalue weighted by atomic mass is 16.5. The van der Waals surface area contributed by atoms with E-state index in [0.717, 1.165) is 14.5 Å². The lowest BCUT2D eigenvalue weighted by atomic mass is 10.5. The van der Waals surface area contributed by atoms with Gasteiger partial charge in [0.2, 0.25) is 11.7 Å². The number of nitrogens with zero attached hydrogens (tertiary/aromatic N) is 6. The van der Waals surface area contributed by atoms with Crippen LogP contribution in [0.3, 0.4) is 0 Å². The summed E-state index contributed by atoms with van der Waals surface area (Å²) >= 11 is 0. The van der Waals surface area contributed by atoms with E-state index in [9.17, 15) is 4.79 Å². The summed E-state index contributed by atoms with van der Waals surface area (Å²) in [5.74, 6) is 0.759. The van der Waals surface area contributed by atoms with Gasteiger partial charge in [-0.2, -0.15) is 9.67 Å². The number of hydrogen-bond acceptors (Lipinski definition) is 7. The van der Waals surface area contributed by atoms with Gasteiger partial charge < -0.3 is 9.15 Å². The maximum atomic E-state index is 11.7. The van der Waals surface area contributed by atoms with E-state index >= 15 is 0 Å². The first-order valence-corrected chi connectivity index (χ1v) is 5.24. The number of tetrazole rings is 1. The van der Waals surface area contributed by atoms with Crippen molar-refractivity contribution in [3.05, 3.63) is 34.9 Å². The summed E-state index contributed by atoms with van der Waals surface area (Å²) in [6.45, 7) is -0.00460. The van der Waals surface area contributed by atoms with Gasteiger partial charge in [-0.15, -0.1) is 9.78 Å². The summed E-state index contributed by atoms with van der Waals surface area (Å²) in [6, 6.07) is 1.53. The number of aromatic amines is 1. The van der Waals surface area contributed by atoms with E-state index in [0.29, 0.717) is 5.76 Å². The van der Waals surface area contributed by atoms with Gasteiger partial charge in [-0.1, -0.05) is 0 Å². The summed E-state index contributed by atoms with van der Waals surface area (Å²) in [7, 11) is 1.48. The number of nitrogens with one attached hydrogen (secondary N) is 1. The molecule has 0 aromatic carbocycles. The van der Waals surface area contributed by atoms with Crippen LogP contribution in [0.15, 0.2) is 27.9 Å². The van der Waals surface area contributed by atoms with Crippen molar-refractivity contribution in [1.29, 1.82) is 0 Å². The Balaban J connectivity index is 1.83. The Morgan fingerprint density at radius 3 is 3.16 bits per heavy atom. The predicted octanol–water partition coefficient (Wildman–Crippen LogP) is -0.744. The molecule has 0 radical (unpaired) electrons. The van der Waals surface area contributed by atoms with Crippen molar-refractivity contribution in [2.45, 2.75) is 6.61 Å². The quantitative estimate of drug-likeness (QED) is 0.659. The van der Waals surface area contributed by atoms with Crippen LogP contribution in [0, 0.1) is 0 Å². The van der Waals surface area contributed by atoms with Crippen LogP contribution < -0.4 is 10.4 Å². The zero-order valence-electron chi connectivity index (χ0n) is 10.8. The van der Waals surface area contributed by atoms with Crippen molar-refractivity contribution in [2.24, 2.45) is 7.05 Å². The second-order valence-electron chi connectivity index (χ2n) is 3.55. The fraction of sp³-hybridized carbons (Fsp3) is 0.222. The third-order valence-corrected chi connectivity index (χ3v) is 2.33. The molecule has 0 spiro atoms. The zero-order valence-corrected chi connectivity index (χ0v) is 9.79. The molecule has 10 heteroatoms. The van der Waals surface area contributed by atoms with E-state index in [-0.39, 0.29) is 18.3 Å². The number of oxazole rings is 1. The number of hydrogen-bond donors (Lipinski definition) is 1. The van der Waals surface area contributed by atoms with E-state index in [2.05, 4.69) is 20.5 Å². The van der Waals surface area contributed by atoms with Crippen molar-refractivity contribution in [3.63, 3.8) is 0 Å². The molecule has 3 heterocycles. The first-order valence-electron chi connectivity index (χ1n) is 5.69. The molecule has 98 valence electrons. The fourth-order valence-electron chi connectivity index (χ4n) is 1.42. The first kappa shape index (κ1) is 10.1. The number of H-pyrrole nitrogens is 1. The Labute approximate surface area is 107 Å². The smallest absolute Gasteiger partial charge is 0.369 e. The molecular formula is C9H9N7O3. The standard InChI is InChI=1S/C9H9N7O3/c1-15-9(17)16(14-13-15)8-6(19-5-10-8)4-18-7-2-3-11-12-7/h2-3,5H,4H2,1H3,(H,11,12)/i/hT. The monoisotopic (exact) mass is 265 g/mol. The molecule has 0 atom stereocenters. The second-order valence-corrected chi connectivity index (χ2v) is 3.55. The molecule has 3 rings (SSSR count). The Kier molecular flexibility index (Phi) is 2.33. The number of aryl methyl sites for hydroxylation is 1. The van der Waals surface area contributed by atoms with E-state index in [1.54, 1.807) is 0 Å². The Hall–Kier alpha value is -2.91. The van der Waals surface area contributed by atoms with Crippen LogP contribution in [-0.2, 0) is 13.7 Å². The minimum absolute atomic E-state index is 0.00460. The molecule has 1 N–H and O–H groups in total. The molecule has 0 aliphatic rings. The first-order chi connectivity index (χ1) is 9.65. The second kappa shape index (κ2) is 4.40. The molecule has 0 fully saturated rings. The molecule has 0 amide bonds. The molecule has 10 nitrogen and oxygen atoms in total. The van der Waals surface area contributed by atoms with Crippen molar-refractivity contribution >= 4 is 0 Å². The van der Waals surface area contributed by atoms with E-state index in [1.807, 2.05) is 0 Å². The van der Waals surface area contributed by atoms with Gasteiger partial charge in [0.15, 0.2) is 20.2 Å². The molecule has 3 aromatic heterocycles. The topological polar surface area (TPSA) is 117 Å². The van der Waals surface area contributed by atoms with Gasteiger partial charge in [-0.25, -0.2) is 4.79 Å². The maximum absolute atomic E-state index is 11.7. The summed E-state index contributed by atoms with van der Waals surface area (Å²) in [5.41, 5.74) is -0.449. The van der Waals surface area contributed by atoms with Crippen molar-refractivity contribution < 1.29 is 10.6 Å². The minimum Gasteiger partial charge on any atom is -0.468 e. The summed E-state index contributed by atoms with van der Waals surface area (Å²) < 4.78 is 19.8. The molecule has 19 heavy (non-hydrogen) atoms. The molecule has 3 aromatic rings. The Morgan fingerprint density at radius 2 is 2.47 bits per heavy atom. The lowest BCUT2D eigenvalue weighted by Gasteiger charge is -2.00. The average Bonchev–Trinajstić information content (AvgIpc) is 3.11. The zero-order chi connectivity index (χ0) is 14.1. The highest BCUT2D eigenvalue weighted by Gasteiger charge is 2.16. The largest absolute Gasteiger partial charge is 0.468 e. The predicted molar refractivity (Wildman–Crippen MR) is 59.6 cm³/mol. The summed E-state index contributed by atoms with van der Waals surface area (Å²) in [5, 5.41) is 11.9. The van der Waals surface area contributed by atoms with Crippen LogP contribution in [0.1, 0.15) is 5.76 Å². The lowest BCUT2D eigenvalue weighted by Crippen LogP contribution is -2.23. The van der Waals surface area contributed by atoms with Crippen LogP contribution in [0.5, 0.6) is 5.88 Å². The van der Waals surface area contributed by atoms with Gasteiger partial charge >= 0.3 is 5.69 Å². The van der Waals surface area contributed by atoms with Gasteiger partial charge in [-0.05, 0) is 10.4 Å². The van der Waals surface area contributed by atoms with Crippen LogP contribution in [0.4, 0.5) is 0 Å². The maximum Gasteiger partial charge on any atom is 0.369 e. The van der Waals surface area contributed by atoms with Crippen molar-refractivity contribution in [2.75, 3.05) is 0 Å². The van der Waals surface area contributed by atoms with Crippen molar-refractivity contribution in [3.8, 4) is 11.7 Å². The van der Waals surface area contributed by atoms with Gasteiger partial charge in [0.1, 0.15) is 0 Å². The molecule has 0 aliphatic heterocycles. The summed E-state index contributed by atoms with van der Waals surface area (Å²) in [6.07, 6.45) is 2.60. The van der Waals surface area contributed by atoms with Crippen LogP contribution in [-0.4, -0.2) is 35.0 Å². The molecule has 0 unspecified atom stereocenters. The van der Waals surface area contributed by atoms with Crippen LogP contribution in [0.25, 0.3) is 5.82 Å². The average molecular weight is 265 g/mol. The fourth-order valence-corrected chi connectivity index (χ4v) is 1.42. The minimum atomic E-state index is -0.449. The third kappa shape index (κ3) is 1.99. The number of aromatic nitrogens is 7. The van der Waals surface area contributed by atoms with Gasteiger partial charge in [0.25, 0.3) is 0 Å². The molecule has 0 saturated heterocycles. The van der Waals surface area contributed by atoms with Crippen LogP contribution in [0.2, 0.25) is 1.41 Å². The Morgan fingerprint density at radius 1 is 1.58 bits per heavy atom. The highest BCUT2D eigenvalue weighted by Crippen LogP contribution is 2.13. The van der Waals surface area contributed by atoms with Crippen LogP contribution >= 0.6 is 0 Å². The van der Waals surface area contributed by atoms with Gasteiger partial charge in [-0.3, -0.25) is 5.09 Å². The molecule has 0 aliphatic carbocycles. The lowest BCUT2D eigenvalue weighted by molar-refractivity contribution is 0.259. The molecular weight excluding hydrogens is 254 g/mol. The highest BCUT2D eigenvalue weighted by molar-refractivity contribution is 5.23. The third-order valence-electron chi connectivity index (χ3n) is 2.33. The van der Waals surface area contributed by atoms with E-state index in [1.165, 1.54) is 25.7 Å². The van der Waals surface area contributed by atoms with E-state index < -0.39 is 5.69 Å². The SMILES string of the molecule is [3H]n1ccc(OCc2ocnc2-n2nnn(C)c2=O)n1. The molecule has 0 bridgehead atoms. The molecule has 0 saturated carbocycles. The van der Waals surface area contributed by atoms with Gasteiger partial charge in [0.05, 0.1) is 0 Å². The Bertz CT molecular complexity index is 785. The summed E-state index contributed by atoms with van der Waals surface area (Å²) in [4.78, 5) is 15.7. The number of ether oxygens (including phenoxy) is 1. The van der Waals surface area contributed by atoms with Crippen molar-refractivity contribution in [1.82, 2.24) is 35.0 Å². The number of rotatable bonds is 4.